The molecule has 1 atom stereocenters. The molecule has 1 amide bonds. The Bertz CT molecular complexity index is 798. The SMILES string of the molecule is COc1cc(C)c([C@H](C)NC(=O)c2ccc(C(C)(C)C)cc2)cc1C(C)C. The van der Waals surface area contributed by atoms with Crippen molar-refractivity contribution in [3.05, 3.63) is 64.2 Å². The Kier molecular flexibility index (Phi) is 6.35. The van der Waals surface area contributed by atoms with Gasteiger partial charge in [-0.25, -0.2) is 0 Å². The fourth-order valence-electron chi connectivity index (χ4n) is 3.29. The van der Waals surface area contributed by atoms with Gasteiger partial charge in [0.05, 0.1) is 13.2 Å². The molecule has 3 heteroatoms. The van der Waals surface area contributed by atoms with Gasteiger partial charge >= 0.3 is 0 Å². The van der Waals surface area contributed by atoms with Crippen LogP contribution in [0.1, 0.15) is 86.1 Å². The lowest BCUT2D eigenvalue weighted by Crippen LogP contribution is -2.27. The molecule has 0 unspecified atom stereocenters. The summed E-state index contributed by atoms with van der Waals surface area (Å²) in [5.41, 5.74) is 5.39. The largest absolute Gasteiger partial charge is 0.496 e. The van der Waals surface area contributed by atoms with Gasteiger partial charge in [-0.15, -0.1) is 0 Å². The van der Waals surface area contributed by atoms with Crippen molar-refractivity contribution >= 4 is 5.91 Å². The van der Waals surface area contributed by atoms with Gasteiger partial charge in [-0.3, -0.25) is 4.79 Å². The maximum Gasteiger partial charge on any atom is 0.251 e. The summed E-state index contributed by atoms with van der Waals surface area (Å²) in [6, 6.07) is 12.0. The smallest absolute Gasteiger partial charge is 0.251 e. The topological polar surface area (TPSA) is 38.3 Å². The average Bonchev–Trinajstić information content (AvgIpc) is 2.60. The summed E-state index contributed by atoms with van der Waals surface area (Å²) in [5.74, 6) is 1.21. The van der Waals surface area contributed by atoms with Crippen molar-refractivity contribution in [2.45, 2.75) is 65.8 Å². The number of amides is 1. The standard InChI is InChI=1S/C24H33NO2/c1-15(2)20-14-21(16(3)13-22(20)27-8)17(4)25-23(26)18-9-11-19(12-10-18)24(5,6)7/h9-15,17H,1-8H3,(H,25,26)/t17-/m0/s1. The molecular formula is C24H33NO2. The summed E-state index contributed by atoms with van der Waals surface area (Å²) in [7, 11) is 1.70. The van der Waals surface area contributed by atoms with Crippen molar-refractivity contribution in [1.29, 1.82) is 0 Å². The predicted molar refractivity (Wildman–Crippen MR) is 113 cm³/mol. The lowest BCUT2D eigenvalue weighted by molar-refractivity contribution is 0.0939. The van der Waals surface area contributed by atoms with Crippen LogP contribution in [0.15, 0.2) is 36.4 Å². The molecule has 0 aromatic heterocycles. The Hall–Kier alpha value is -2.29. The Labute approximate surface area is 164 Å². The molecule has 2 aromatic rings. The van der Waals surface area contributed by atoms with Crippen LogP contribution in [-0.2, 0) is 5.41 Å². The molecule has 0 bridgehead atoms. The summed E-state index contributed by atoms with van der Waals surface area (Å²) >= 11 is 0. The number of carbonyl (C=O) groups is 1. The lowest BCUT2D eigenvalue weighted by Gasteiger charge is -2.22. The first-order chi connectivity index (χ1) is 12.5. The second-order valence-electron chi connectivity index (χ2n) is 8.63. The highest BCUT2D eigenvalue weighted by atomic mass is 16.5. The van der Waals surface area contributed by atoms with E-state index < -0.39 is 0 Å². The van der Waals surface area contributed by atoms with Crippen LogP contribution in [0, 0.1) is 6.92 Å². The third-order valence-corrected chi connectivity index (χ3v) is 5.07. The molecule has 1 N–H and O–H groups in total. The fraction of sp³-hybridized carbons (Fsp3) is 0.458. The second-order valence-corrected chi connectivity index (χ2v) is 8.63. The number of benzene rings is 2. The highest BCUT2D eigenvalue weighted by molar-refractivity contribution is 5.94. The van der Waals surface area contributed by atoms with Crippen LogP contribution in [0.3, 0.4) is 0 Å². The highest BCUT2D eigenvalue weighted by Crippen LogP contribution is 2.32. The lowest BCUT2D eigenvalue weighted by atomic mass is 9.86. The number of ether oxygens (including phenoxy) is 1. The first kappa shape index (κ1) is 21.0. The van der Waals surface area contributed by atoms with Crippen LogP contribution in [0.25, 0.3) is 0 Å². The third-order valence-electron chi connectivity index (χ3n) is 5.07. The molecule has 0 heterocycles. The molecular weight excluding hydrogens is 334 g/mol. The van der Waals surface area contributed by atoms with E-state index in [1.807, 2.05) is 31.2 Å². The molecule has 0 saturated heterocycles. The summed E-state index contributed by atoms with van der Waals surface area (Å²) in [4.78, 5) is 12.7. The Balaban J connectivity index is 2.22. The first-order valence-corrected chi connectivity index (χ1v) is 9.64. The summed E-state index contributed by atoms with van der Waals surface area (Å²) < 4.78 is 5.52. The van der Waals surface area contributed by atoms with E-state index in [9.17, 15) is 4.79 Å². The van der Waals surface area contributed by atoms with Crippen LogP contribution >= 0.6 is 0 Å². The van der Waals surface area contributed by atoms with Crippen molar-refractivity contribution in [1.82, 2.24) is 5.32 Å². The van der Waals surface area contributed by atoms with E-state index in [-0.39, 0.29) is 17.4 Å². The van der Waals surface area contributed by atoms with E-state index in [4.69, 9.17) is 4.74 Å². The van der Waals surface area contributed by atoms with E-state index in [2.05, 4.69) is 59.0 Å². The molecule has 2 aromatic carbocycles. The van der Waals surface area contributed by atoms with Gasteiger partial charge in [0.25, 0.3) is 5.91 Å². The molecule has 146 valence electrons. The minimum absolute atomic E-state index is 0.0516. The number of hydrogen-bond donors (Lipinski definition) is 1. The number of rotatable bonds is 5. The zero-order chi connectivity index (χ0) is 20.4. The van der Waals surface area contributed by atoms with Crippen LogP contribution in [0.2, 0.25) is 0 Å². The summed E-state index contributed by atoms with van der Waals surface area (Å²) in [6.07, 6.45) is 0. The average molecular weight is 368 g/mol. The van der Waals surface area contributed by atoms with Gasteiger partial charge in [-0.1, -0.05) is 46.8 Å². The number of aryl methyl sites for hydroxylation is 1. The highest BCUT2D eigenvalue weighted by Gasteiger charge is 2.18. The molecule has 27 heavy (non-hydrogen) atoms. The van der Waals surface area contributed by atoms with E-state index in [1.165, 1.54) is 5.56 Å². The van der Waals surface area contributed by atoms with Crippen molar-refractivity contribution in [2.24, 2.45) is 0 Å². The van der Waals surface area contributed by atoms with Crippen molar-refractivity contribution < 1.29 is 9.53 Å². The first-order valence-electron chi connectivity index (χ1n) is 9.64. The number of carbonyl (C=O) groups excluding carboxylic acids is 1. The Morgan fingerprint density at radius 2 is 1.59 bits per heavy atom. The third kappa shape index (κ3) is 4.91. The molecule has 0 radical (unpaired) electrons. The number of hydrogen-bond acceptors (Lipinski definition) is 2. The van der Waals surface area contributed by atoms with E-state index in [0.29, 0.717) is 11.5 Å². The van der Waals surface area contributed by atoms with E-state index in [0.717, 1.165) is 22.4 Å². The monoisotopic (exact) mass is 367 g/mol. The van der Waals surface area contributed by atoms with E-state index in [1.54, 1.807) is 7.11 Å². The van der Waals surface area contributed by atoms with Gasteiger partial charge in [0.15, 0.2) is 0 Å². The van der Waals surface area contributed by atoms with E-state index >= 15 is 0 Å². The Morgan fingerprint density at radius 3 is 2.07 bits per heavy atom. The zero-order valence-corrected chi connectivity index (χ0v) is 17.9. The molecule has 0 aliphatic carbocycles. The number of nitrogens with one attached hydrogen (secondary N) is 1. The number of methoxy groups -OCH3 is 1. The quantitative estimate of drug-likeness (QED) is 0.713. The zero-order valence-electron chi connectivity index (χ0n) is 17.9. The fourth-order valence-corrected chi connectivity index (χ4v) is 3.29. The minimum Gasteiger partial charge on any atom is -0.496 e. The maximum absolute atomic E-state index is 12.7. The normalized spacial score (nSPS) is 12.8. The summed E-state index contributed by atoms with van der Waals surface area (Å²) in [6.45, 7) is 14.9. The molecule has 3 nitrogen and oxygen atoms in total. The maximum atomic E-state index is 12.7. The molecule has 0 saturated carbocycles. The summed E-state index contributed by atoms with van der Waals surface area (Å²) in [5, 5.41) is 3.14. The second kappa shape index (κ2) is 8.16. The van der Waals surface area contributed by atoms with Gasteiger partial charge in [-0.05, 0) is 71.7 Å². The van der Waals surface area contributed by atoms with Crippen molar-refractivity contribution in [3.8, 4) is 5.75 Å². The van der Waals surface area contributed by atoms with Crippen LogP contribution in [0.4, 0.5) is 0 Å². The van der Waals surface area contributed by atoms with Crippen molar-refractivity contribution in [3.63, 3.8) is 0 Å². The minimum atomic E-state index is -0.0804. The van der Waals surface area contributed by atoms with Gasteiger partial charge in [0.2, 0.25) is 0 Å². The van der Waals surface area contributed by atoms with Crippen LogP contribution in [-0.4, -0.2) is 13.0 Å². The van der Waals surface area contributed by atoms with Crippen LogP contribution in [0.5, 0.6) is 5.75 Å². The van der Waals surface area contributed by atoms with Crippen molar-refractivity contribution in [2.75, 3.05) is 7.11 Å². The van der Waals surface area contributed by atoms with Gasteiger partial charge in [0, 0.05) is 5.56 Å². The molecule has 0 aliphatic heterocycles. The van der Waals surface area contributed by atoms with Gasteiger partial charge in [-0.2, -0.15) is 0 Å². The molecule has 0 spiro atoms. The van der Waals surface area contributed by atoms with Crippen LogP contribution < -0.4 is 10.1 Å². The molecule has 0 fully saturated rings. The van der Waals surface area contributed by atoms with Gasteiger partial charge < -0.3 is 10.1 Å². The molecule has 2 rings (SSSR count). The predicted octanol–water partition coefficient (Wildman–Crippen LogP) is 5.92. The van der Waals surface area contributed by atoms with Gasteiger partial charge in [0.1, 0.15) is 5.75 Å². The molecule has 0 aliphatic rings. The Morgan fingerprint density at radius 1 is 1.00 bits per heavy atom.